The van der Waals surface area contributed by atoms with E-state index in [-0.39, 0.29) is 17.8 Å². The predicted octanol–water partition coefficient (Wildman–Crippen LogP) is 3.10. The number of pyridine rings is 1. The smallest absolute Gasteiger partial charge is 0.239 e. The van der Waals surface area contributed by atoms with Crippen LogP contribution in [-0.4, -0.2) is 84.5 Å². The van der Waals surface area contributed by atoms with Gasteiger partial charge in [-0.05, 0) is 62.1 Å². The molecule has 3 heterocycles. The number of anilines is 1. The standard InChI is InChI=1S/C26H36FN5O/c1-21(26(33)29(2)18-22-7-5-9-24(27)17-22)32-12-6-8-23(20-32)19-30-13-15-31(16-14-30)25-10-3-4-11-28-25/h3-5,7,9-11,17,21,23H,6,8,12-16,18-20H2,1-2H3/t21-,23+/m0/s1. The second kappa shape index (κ2) is 11.1. The highest BCUT2D eigenvalue weighted by Crippen LogP contribution is 2.22. The van der Waals surface area contributed by atoms with Crippen molar-refractivity contribution in [1.29, 1.82) is 0 Å². The van der Waals surface area contributed by atoms with Gasteiger partial charge in [-0.15, -0.1) is 0 Å². The number of hydrogen-bond donors (Lipinski definition) is 0. The lowest BCUT2D eigenvalue weighted by atomic mass is 9.95. The topological polar surface area (TPSA) is 42.9 Å². The number of hydrogen-bond acceptors (Lipinski definition) is 5. The summed E-state index contributed by atoms with van der Waals surface area (Å²) in [5.74, 6) is 1.49. The van der Waals surface area contributed by atoms with Crippen LogP contribution in [0.15, 0.2) is 48.7 Å². The van der Waals surface area contributed by atoms with Crippen LogP contribution < -0.4 is 4.90 Å². The Labute approximate surface area is 197 Å². The Morgan fingerprint density at radius 3 is 2.70 bits per heavy atom. The van der Waals surface area contributed by atoms with Crippen LogP contribution >= 0.6 is 0 Å². The van der Waals surface area contributed by atoms with E-state index in [2.05, 4.69) is 25.8 Å². The van der Waals surface area contributed by atoms with Gasteiger partial charge in [-0.2, -0.15) is 0 Å². The highest BCUT2D eigenvalue weighted by Gasteiger charge is 2.30. The number of likely N-dealkylation sites (N-methyl/N-ethyl adjacent to an activating group) is 1. The van der Waals surface area contributed by atoms with Crippen LogP contribution in [0.2, 0.25) is 0 Å². The molecule has 1 aromatic heterocycles. The number of halogens is 1. The summed E-state index contributed by atoms with van der Waals surface area (Å²) in [6.07, 6.45) is 4.21. The predicted molar refractivity (Wildman–Crippen MR) is 130 cm³/mol. The lowest BCUT2D eigenvalue weighted by Crippen LogP contribution is -2.52. The van der Waals surface area contributed by atoms with E-state index in [1.165, 1.54) is 18.6 Å². The van der Waals surface area contributed by atoms with Crippen molar-refractivity contribution in [3.05, 3.63) is 60.0 Å². The first-order valence-corrected chi connectivity index (χ1v) is 12.1. The third kappa shape index (κ3) is 6.30. The average Bonchev–Trinajstić information content (AvgIpc) is 2.84. The maximum atomic E-state index is 13.5. The molecule has 4 rings (SSSR count). The molecule has 0 aliphatic carbocycles. The van der Waals surface area contributed by atoms with Crippen LogP contribution in [0.25, 0.3) is 0 Å². The number of aromatic nitrogens is 1. The van der Waals surface area contributed by atoms with E-state index in [1.54, 1.807) is 11.0 Å². The van der Waals surface area contributed by atoms with Crippen molar-refractivity contribution in [3.8, 4) is 0 Å². The fourth-order valence-corrected chi connectivity index (χ4v) is 5.13. The number of benzene rings is 1. The molecule has 2 atom stereocenters. The van der Waals surface area contributed by atoms with Crippen molar-refractivity contribution in [3.63, 3.8) is 0 Å². The number of amides is 1. The average molecular weight is 454 g/mol. The first-order valence-electron chi connectivity index (χ1n) is 12.1. The number of likely N-dealkylation sites (tertiary alicyclic amines) is 1. The van der Waals surface area contributed by atoms with Gasteiger partial charge in [0.25, 0.3) is 0 Å². The zero-order valence-corrected chi connectivity index (χ0v) is 19.9. The molecule has 2 fully saturated rings. The van der Waals surface area contributed by atoms with E-state index in [0.717, 1.165) is 63.6 Å². The molecule has 2 aliphatic heterocycles. The van der Waals surface area contributed by atoms with Crippen molar-refractivity contribution < 1.29 is 9.18 Å². The summed E-state index contributed by atoms with van der Waals surface area (Å²) in [7, 11) is 1.81. The van der Waals surface area contributed by atoms with Crippen molar-refractivity contribution in [1.82, 2.24) is 19.7 Å². The Bertz CT molecular complexity index is 903. The maximum absolute atomic E-state index is 13.5. The van der Waals surface area contributed by atoms with Crippen LogP contribution in [0.5, 0.6) is 0 Å². The van der Waals surface area contributed by atoms with Gasteiger partial charge in [0.15, 0.2) is 0 Å². The fourth-order valence-electron chi connectivity index (χ4n) is 5.13. The molecule has 0 saturated carbocycles. The number of carbonyl (C=O) groups is 1. The molecule has 178 valence electrons. The number of carbonyl (C=O) groups excluding carboxylic acids is 1. The molecular formula is C26H36FN5O. The zero-order chi connectivity index (χ0) is 23.2. The van der Waals surface area contributed by atoms with Crippen LogP contribution in [0.1, 0.15) is 25.3 Å². The number of nitrogens with zero attached hydrogens (tertiary/aromatic N) is 5. The molecule has 0 unspecified atom stereocenters. The molecule has 7 heteroatoms. The Morgan fingerprint density at radius 1 is 1.15 bits per heavy atom. The lowest BCUT2D eigenvalue weighted by molar-refractivity contribution is -0.136. The SMILES string of the molecule is C[C@@H](C(=O)N(C)Cc1cccc(F)c1)N1CCC[C@H](CN2CCN(c3ccccn3)CC2)C1. The van der Waals surface area contributed by atoms with Gasteiger partial charge in [0.05, 0.1) is 6.04 Å². The largest absolute Gasteiger partial charge is 0.354 e. The molecule has 2 saturated heterocycles. The van der Waals surface area contributed by atoms with Gasteiger partial charge >= 0.3 is 0 Å². The van der Waals surface area contributed by atoms with Crippen LogP contribution in [0, 0.1) is 11.7 Å². The molecule has 0 N–H and O–H groups in total. The summed E-state index contributed by atoms with van der Waals surface area (Å²) in [5, 5.41) is 0. The van der Waals surface area contributed by atoms with E-state index in [1.807, 2.05) is 38.4 Å². The van der Waals surface area contributed by atoms with Gasteiger partial charge in [0.1, 0.15) is 11.6 Å². The van der Waals surface area contributed by atoms with Crippen LogP contribution in [0.3, 0.4) is 0 Å². The van der Waals surface area contributed by atoms with Gasteiger partial charge < -0.3 is 9.80 Å². The number of piperazine rings is 1. The van der Waals surface area contributed by atoms with Crippen molar-refractivity contribution in [2.75, 3.05) is 57.8 Å². The van der Waals surface area contributed by atoms with E-state index in [9.17, 15) is 9.18 Å². The third-order valence-electron chi connectivity index (χ3n) is 7.00. The summed E-state index contributed by atoms with van der Waals surface area (Å²) >= 11 is 0. The maximum Gasteiger partial charge on any atom is 0.239 e. The third-order valence-corrected chi connectivity index (χ3v) is 7.00. The summed E-state index contributed by atoms with van der Waals surface area (Å²) in [6.45, 7) is 9.58. The second-order valence-electron chi connectivity index (χ2n) is 9.48. The normalized spacial score (nSPS) is 21.1. The summed E-state index contributed by atoms with van der Waals surface area (Å²) in [4.78, 5) is 26.5. The lowest BCUT2D eigenvalue weighted by Gasteiger charge is -2.41. The quantitative estimate of drug-likeness (QED) is 0.645. The highest BCUT2D eigenvalue weighted by atomic mass is 19.1. The van der Waals surface area contributed by atoms with Gasteiger partial charge in [-0.3, -0.25) is 14.6 Å². The Balaban J connectivity index is 1.25. The monoisotopic (exact) mass is 453 g/mol. The van der Waals surface area contributed by atoms with E-state index in [0.29, 0.717) is 12.5 Å². The van der Waals surface area contributed by atoms with Gasteiger partial charge in [0.2, 0.25) is 5.91 Å². The van der Waals surface area contributed by atoms with Crippen molar-refractivity contribution in [2.24, 2.45) is 5.92 Å². The first kappa shape index (κ1) is 23.6. The minimum absolute atomic E-state index is 0.101. The minimum Gasteiger partial charge on any atom is -0.354 e. The molecule has 0 radical (unpaired) electrons. The van der Waals surface area contributed by atoms with E-state index in [4.69, 9.17) is 0 Å². The van der Waals surface area contributed by atoms with E-state index >= 15 is 0 Å². The second-order valence-corrected chi connectivity index (χ2v) is 9.48. The molecule has 0 spiro atoms. The summed E-state index contributed by atoms with van der Waals surface area (Å²) in [5.41, 5.74) is 0.819. The fraction of sp³-hybridized carbons (Fsp3) is 0.538. The minimum atomic E-state index is -0.263. The Hall–Kier alpha value is -2.51. The molecule has 2 aromatic rings. The Morgan fingerprint density at radius 2 is 1.97 bits per heavy atom. The molecule has 1 aromatic carbocycles. The van der Waals surface area contributed by atoms with Crippen molar-refractivity contribution >= 4 is 11.7 Å². The van der Waals surface area contributed by atoms with Crippen LogP contribution in [-0.2, 0) is 11.3 Å². The molecule has 1 amide bonds. The first-order chi connectivity index (χ1) is 16.0. The van der Waals surface area contributed by atoms with Crippen molar-refractivity contribution in [2.45, 2.75) is 32.4 Å². The highest BCUT2D eigenvalue weighted by molar-refractivity contribution is 5.81. The molecule has 6 nitrogen and oxygen atoms in total. The Kier molecular flexibility index (Phi) is 7.93. The molecule has 33 heavy (non-hydrogen) atoms. The number of rotatable bonds is 7. The van der Waals surface area contributed by atoms with Gasteiger partial charge in [-0.25, -0.2) is 9.37 Å². The molecule has 0 bridgehead atoms. The van der Waals surface area contributed by atoms with E-state index < -0.39 is 0 Å². The molecular weight excluding hydrogens is 417 g/mol. The van der Waals surface area contributed by atoms with Gasteiger partial charge in [0, 0.05) is 59.1 Å². The summed E-state index contributed by atoms with van der Waals surface area (Å²) in [6, 6.07) is 12.4. The molecule has 2 aliphatic rings. The zero-order valence-electron chi connectivity index (χ0n) is 19.9. The van der Waals surface area contributed by atoms with Gasteiger partial charge in [-0.1, -0.05) is 18.2 Å². The summed E-state index contributed by atoms with van der Waals surface area (Å²) < 4.78 is 13.5. The number of piperidine rings is 1. The van der Waals surface area contributed by atoms with Crippen LogP contribution in [0.4, 0.5) is 10.2 Å².